The van der Waals surface area contributed by atoms with E-state index in [0.717, 1.165) is 101 Å². The number of carbonyl (C=O) groups is 5. The number of hydrogen-bond acceptors (Lipinski definition) is 10. The second kappa shape index (κ2) is 16.3. The van der Waals surface area contributed by atoms with E-state index >= 15 is 0 Å². The summed E-state index contributed by atoms with van der Waals surface area (Å²) in [6, 6.07) is 19.9. The van der Waals surface area contributed by atoms with E-state index < -0.39 is 23.8 Å². The number of imide groups is 2. The number of amides is 5. The van der Waals surface area contributed by atoms with Crippen LogP contribution in [0.15, 0.2) is 60.7 Å². The number of piperazine rings is 1. The van der Waals surface area contributed by atoms with E-state index in [1.54, 1.807) is 30.3 Å². The number of ether oxygens (including phenoxy) is 1. The highest BCUT2D eigenvalue weighted by molar-refractivity contribution is 6.31. The van der Waals surface area contributed by atoms with Gasteiger partial charge in [0, 0.05) is 81.3 Å². The average Bonchev–Trinajstić information content (AvgIpc) is 3.87. The number of halogens is 1. The number of nitriles is 1. The first-order valence-electron chi connectivity index (χ1n) is 20.9. The third kappa shape index (κ3) is 8.00. The molecule has 4 aliphatic heterocycles. The zero-order valence-corrected chi connectivity index (χ0v) is 33.7. The van der Waals surface area contributed by atoms with Gasteiger partial charge < -0.3 is 19.9 Å². The molecule has 0 radical (unpaired) electrons. The van der Waals surface area contributed by atoms with Crippen LogP contribution >= 0.6 is 11.6 Å². The second-order valence-corrected chi connectivity index (χ2v) is 17.5. The van der Waals surface area contributed by atoms with Gasteiger partial charge in [-0.1, -0.05) is 11.6 Å². The Morgan fingerprint density at radius 1 is 0.797 bits per heavy atom. The van der Waals surface area contributed by atoms with Crippen molar-refractivity contribution in [3.8, 4) is 11.8 Å². The number of piperidine rings is 2. The Balaban J connectivity index is 0.695. The molecule has 0 aromatic heterocycles. The van der Waals surface area contributed by atoms with Crippen molar-refractivity contribution in [2.45, 2.75) is 69.6 Å². The minimum Gasteiger partial charge on any atom is -0.490 e. The molecule has 4 heterocycles. The highest BCUT2D eigenvalue weighted by Crippen LogP contribution is 2.45. The SMILES string of the molecule is N#Cc1ccc(O[C@H]2C[C@H]3C[C@H](NC(=O)c4ccc(N5CCN(CC6CCN(c7ccc8c(c7)C(=O)N(C7CCC(=O)NC7=O)C8=O)CC6)CC5)cc4)C[C@H]3C2)cc1Cl. The lowest BCUT2D eigenvalue weighted by Gasteiger charge is -2.40. The van der Waals surface area contributed by atoms with Crippen LogP contribution in [0, 0.1) is 29.1 Å². The number of nitrogens with one attached hydrogen (secondary N) is 2. The van der Waals surface area contributed by atoms with Crippen molar-refractivity contribution >= 4 is 52.5 Å². The van der Waals surface area contributed by atoms with Gasteiger partial charge in [0.2, 0.25) is 11.8 Å². The molecular weight excluding hydrogens is 770 g/mol. The number of carbonyl (C=O) groups excluding carboxylic acids is 5. The molecule has 6 aliphatic rings. The third-order valence-corrected chi connectivity index (χ3v) is 13.8. The van der Waals surface area contributed by atoms with E-state index in [1.807, 2.05) is 18.2 Å². The lowest BCUT2D eigenvalue weighted by atomic mass is 9.95. The number of hydrogen-bond donors (Lipinski definition) is 2. The average molecular weight is 818 g/mol. The lowest BCUT2D eigenvalue weighted by molar-refractivity contribution is -0.136. The van der Waals surface area contributed by atoms with Gasteiger partial charge in [-0.3, -0.25) is 39.1 Å². The van der Waals surface area contributed by atoms with E-state index in [1.165, 1.54) is 0 Å². The molecule has 5 atom stereocenters. The number of nitrogens with zero attached hydrogens (tertiary/aromatic N) is 5. The van der Waals surface area contributed by atoms with Gasteiger partial charge in [0.15, 0.2) is 0 Å². The maximum Gasteiger partial charge on any atom is 0.262 e. The normalized spacial score (nSPS) is 26.1. The van der Waals surface area contributed by atoms with Crippen molar-refractivity contribution in [1.82, 2.24) is 20.4 Å². The Bertz CT molecular complexity index is 2200. The van der Waals surface area contributed by atoms with E-state index in [-0.39, 0.29) is 36.8 Å². The fraction of sp³-hybridized carbons (Fsp3) is 0.467. The molecule has 5 amide bonds. The lowest BCUT2D eigenvalue weighted by Crippen LogP contribution is -2.54. The third-order valence-electron chi connectivity index (χ3n) is 13.5. The smallest absolute Gasteiger partial charge is 0.262 e. The molecule has 9 rings (SSSR count). The Kier molecular flexibility index (Phi) is 10.8. The van der Waals surface area contributed by atoms with Crippen LogP contribution < -0.4 is 25.2 Å². The first kappa shape index (κ1) is 39.0. The standard InChI is InChI=1S/C45H48ClN7O6/c46-39-24-35(7-3-29(39)25-47)59-36-21-30-19-32(20-31(30)22-36)48-42(55)28-1-4-33(5-2-28)52-17-15-50(16-18-52)26-27-11-13-51(14-12-27)34-6-8-37-38(23-34)45(58)53(44(37)57)40-9-10-41(54)49-43(40)56/h1-8,23-24,27,30-32,36,40H,9-22,26H2,(H,48,55)(H,49,54,56)/t30-,31+,32+,36+,40?. The fourth-order valence-corrected chi connectivity index (χ4v) is 10.5. The van der Waals surface area contributed by atoms with E-state index in [2.05, 4.69) is 43.5 Å². The molecule has 3 aromatic rings. The summed E-state index contributed by atoms with van der Waals surface area (Å²) in [7, 11) is 0. The maximum atomic E-state index is 13.3. The van der Waals surface area contributed by atoms with Gasteiger partial charge in [0.05, 0.1) is 27.8 Å². The van der Waals surface area contributed by atoms with Gasteiger partial charge in [0.1, 0.15) is 17.9 Å². The molecule has 13 nitrogen and oxygen atoms in total. The zero-order valence-electron chi connectivity index (χ0n) is 32.9. The van der Waals surface area contributed by atoms with Crippen LogP contribution in [-0.4, -0.2) is 103 Å². The van der Waals surface area contributed by atoms with Gasteiger partial charge in [-0.2, -0.15) is 5.26 Å². The maximum absolute atomic E-state index is 13.3. The zero-order chi connectivity index (χ0) is 40.8. The topological polar surface area (TPSA) is 155 Å². The Labute approximate surface area is 348 Å². The molecule has 2 saturated carbocycles. The van der Waals surface area contributed by atoms with Gasteiger partial charge in [0.25, 0.3) is 17.7 Å². The second-order valence-electron chi connectivity index (χ2n) is 17.1. The monoisotopic (exact) mass is 817 g/mol. The van der Waals surface area contributed by atoms with Crippen molar-refractivity contribution < 1.29 is 28.7 Å². The molecule has 14 heteroatoms. The van der Waals surface area contributed by atoms with Crippen LogP contribution in [0.2, 0.25) is 5.02 Å². The molecule has 59 heavy (non-hydrogen) atoms. The molecule has 0 bridgehead atoms. The van der Waals surface area contributed by atoms with Crippen molar-refractivity contribution in [2.24, 2.45) is 17.8 Å². The number of rotatable bonds is 9. The van der Waals surface area contributed by atoms with Crippen LogP contribution in [0.3, 0.4) is 0 Å². The van der Waals surface area contributed by atoms with E-state index in [4.69, 9.17) is 21.6 Å². The fourth-order valence-electron chi connectivity index (χ4n) is 10.3. The summed E-state index contributed by atoms with van der Waals surface area (Å²) in [5, 5.41) is 15.1. The minimum atomic E-state index is -0.968. The van der Waals surface area contributed by atoms with Gasteiger partial charge in [-0.15, -0.1) is 0 Å². The van der Waals surface area contributed by atoms with Crippen LogP contribution in [0.25, 0.3) is 0 Å². The van der Waals surface area contributed by atoms with Gasteiger partial charge in [-0.25, -0.2) is 0 Å². The summed E-state index contributed by atoms with van der Waals surface area (Å²) in [4.78, 5) is 72.0. The van der Waals surface area contributed by atoms with Crippen LogP contribution in [-0.2, 0) is 9.59 Å². The van der Waals surface area contributed by atoms with Crippen molar-refractivity contribution in [3.05, 3.63) is 87.9 Å². The van der Waals surface area contributed by atoms with Crippen molar-refractivity contribution in [2.75, 3.05) is 55.6 Å². The highest BCUT2D eigenvalue weighted by Gasteiger charge is 2.45. The molecule has 1 unspecified atom stereocenters. The largest absolute Gasteiger partial charge is 0.490 e. The molecule has 2 aliphatic carbocycles. The molecule has 3 aromatic carbocycles. The number of benzene rings is 3. The molecule has 5 fully saturated rings. The predicted octanol–water partition coefficient (Wildman–Crippen LogP) is 5.02. The summed E-state index contributed by atoms with van der Waals surface area (Å²) < 4.78 is 6.21. The van der Waals surface area contributed by atoms with Crippen LogP contribution in [0.4, 0.5) is 11.4 Å². The highest BCUT2D eigenvalue weighted by atomic mass is 35.5. The van der Waals surface area contributed by atoms with E-state index in [9.17, 15) is 24.0 Å². The Hall–Kier alpha value is -5.45. The van der Waals surface area contributed by atoms with Crippen molar-refractivity contribution in [1.29, 1.82) is 5.26 Å². The first-order chi connectivity index (χ1) is 28.6. The van der Waals surface area contributed by atoms with Crippen molar-refractivity contribution in [3.63, 3.8) is 0 Å². The number of fused-ring (bicyclic) bond motifs is 2. The summed E-state index contributed by atoms with van der Waals surface area (Å²) in [6.07, 6.45) is 6.25. The molecule has 3 saturated heterocycles. The molecule has 2 N–H and O–H groups in total. The molecular formula is C45H48ClN7O6. The van der Waals surface area contributed by atoms with Gasteiger partial charge in [-0.05, 0) is 117 Å². The number of anilines is 2. The molecule has 306 valence electrons. The quantitative estimate of drug-likeness (QED) is 0.282. The van der Waals surface area contributed by atoms with Crippen LogP contribution in [0.5, 0.6) is 5.75 Å². The Morgan fingerprint density at radius 3 is 2.15 bits per heavy atom. The predicted molar refractivity (Wildman–Crippen MR) is 220 cm³/mol. The summed E-state index contributed by atoms with van der Waals surface area (Å²) >= 11 is 6.19. The summed E-state index contributed by atoms with van der Waals surface area (Å²) in [5.41, 5.74) is 3.78. The van der Waals surface area contributed by atoms with Crippen LogP contribution in [0.1, 0.15) is 88.0 Å². The summed E-state index contributed by atoms with van der Waals surface area (Å²) in [5.74, 6) is 0.337. The summed E-state index contributed by atoms with van der Waals surface area (Å²) in [6.45, 7) is 6.56. The minimum absolute atomic E-state index is 0.0198. The van der Waals surface area contributed by atoms with Gasteiger partial charge >= 0.3 is 0 Å². The Morgan fingerprint density at radius 2 is 1.47 bits per heavy atom. The molecule has 0 spiro atoms. The van der Waals surface area contributed by atoms with E-state index in [0.29, 0.717) is 50.8 Å². The first-order valence-corrected chi connectivity index (χ1v) is 21.3.